The van der Waals surface area contributed by atoms with Crippen molar-refractivity contribution >= 4 is 33.5 Å². The van der Waals surface area contributed by atoms with Crippen molar-refractivity contribution in [1.29, 1.82) is 0 Å². The Morgan fingerprint density at radius 2 is 1.92 bits per heavy atom. The van der Waals surface area contributed by atoms with Crippen molar-refractivity contribution in [3.05, 3.63) is 29.8 Å². The Morgan fingerprint density at radius 1 is 1.29 bits per heavy atom. The molecule has 0 saturated carbocycles. The molecule has 2 amide bonds. The van der Waals surface area contributed by atoms with Crippen LogP contribution in [0.5, 0.6) is 0 Å². The van der Waals surface area contributed by atoms with Gasteiger partial charge >= 0.3 is 5.97 Å². The van der Waals surface area contributed by atoms with E-state index in [4.69, 9.17) is 4.74 Å². The van der Waals surface area contributed by atoms with Gasteiger partial charge in [-0.05, 0) is 31.2 Å². The van der Waals surface area contributed by atoms with E-state index < -0.39 is 33.7 Å². The second kappa shape index (κ2) is 7.00. The van der Waals surface area contributed by atoms with E-state index in [1.165, 1.54) is 24.3 Å². The highest BCUT2D eigenvalue weighted by atomic mass is 32.2. The van der Waals surface area contributed by atoms with E-state index in [2.05, 4.69) is 5.32 Å². The first kappa shape index (κ1) is 17.9. The molecule has 2 rings (SSSR count). The molecule has 1 aromatic rings. The maximum absolute atomic E-state index is 12.0. The third kappa shape index (κ3) is 3.73. The van der Waals surface area contributed by atoms with Gasteiger partial charge in [-0.1, -0.05) is 6.92 Å². The summed E-state index contributed by atoms with van der Waals surface area (Å²) in [7, 11) is -3.68. The van der Waals surface area contributed by atoms with Crippen LogP contribution < -0.4 is 9.62 Å². The zero-order valence-electron chi connectivity index (χ0n) is 13.3. The number of rotatable bonds is 5. The van der Waals surface area contributed by atoms with Crippen LogP contribution in [0.2, 0.25) is 0 Å². The minimum atomic E-state index is -3.68. The Bertz CT molecular complexity index is 757. The molecule has 0 bridgehead atoms. The molecule has 9 heteroatoms. The number of benzene rings is 1. The molecule has 1 aromatic carbocycles. The molecule has 1 fully saturated rings. The fourth-order valence-corrected chi connectivity index (χ4v) is 4.12. The lowest BCUT2D eigenvalue weighted by Crippen LogP contribution is -2.31. The monoisotopic (exact) mass is 354 g/mol. The average molecular weight is 354 g/mol. The van der Waals surface area contributed by atoms with Crippen molar-refractivity contribution in [3.8, 4) is 0 Å². The molecule has 1 saturated heterocycles. The number of amides is 2. The summed E-state index contributed by atoms with van der Waals surface area (Å²) in [6, 6.07) is 5.54. The van der Waals surface area contributed by atoms with Crippen LogP contribution in [0, 0.1) is 5.92 Å². The quantitative estimate of drug-likeness (QED) is 0.761. The van der Waals surface area contributed by atoms with Crippen molar-refractivity contribution in [2.75, 3.05) is 23.2 Å². The Labute approximate surface area is 139 Å². The molecule has 1 atom stereocenters. The number of esters is 1. The minimum Gasteiger partial charge on any atom is -0.465 e. The summed E-state index contributed by atoms with van der Waals surface area (Å²) in [6.07, 6.45) is 0. The van der Waals surface area contributed by atoms with Gasteiger partial charge in [0.2, 0.25) is 15.9 Å². The predicted octanol–water partition coefficient (Wildman–Crippen LogP) is 0.292. The molecule has 1 N–H and O–H groups in total. The number of ether oxygens (including phenoxy) is 1. The van der Waals surface area contributed by atoms with Crippen LogP contribution in [0.4, 0.5) is 5.69 Å². The van der Waals surface area contributed by atoms with E-state index in [1.54, 1.807) is 13.8 Å². The van der Waals surface area contributed by atoms with Crippen LogP contribution in [0.3, 0.4) is 0 Å². The van der Waals surface area contributed by atoms with Crippen LogP contribution in [-0.2, 0) is 24.3 Å². The molecule has 0 radical (unpaired) electrons. The summed E-state index contributed by atoms with van der Waals surface area (Å²) in [5, 5.41) is 2.39. The smallest absolute Gasteiger partial charge is 0.325 e. The number of anilines is 1. The molecule has 8 nitrogen and oxygen atoms in total. The summed E-state index contributed by atoms with van der Waals surface area (Å²) in [6.45, 7) is 3.18. The molecular weight excluding hydrogens is 336 g/mol. The fourth-order valence-electron chi connectivity index (χ4n) is 2.30. The lowest BCUT2D eigenvalue weighted by Gasteiger charge is -2.15. The summed E-state index contributed by atoms with van der Waals surface area (Å²) in [5.41, 5.74) is 0.423. The number of carbonyl (C=O) groups is 3. The first-order chi connectivity index (χ1) is 11.3. The Morgan fingerprint density at radius 3 is 2.42 bits per heavy atom. The molecule has 1 unspecified atom stereocenters. The van der Waals surface area contributed by atoms with Gasteiger partial charge in [-0.3, -0.25) is 14.4 Å². The topological polar surface area (TPSA) is 110 Å². The Hall–Kier alpha value is -2.42. The number of hydrogen-bond donors (Lipinski definition) is 1. The molecule has 1 aliphatic rings. The van der Waals surface area contributed by atoms with E-state index in [1.807, 2.05) is 0 Å². The van der Waals surface area contributed by atoms with E-state index in [9.17, 15) is 22.8 Å². The first-order valence-corrected chi connectivity index (χ1v) is 8.98. The van der Waals surface area contributed by atoms with E-state index in [-0.39, 0.29) is 30.2 Å². The van der Waals surface area contributed by atoms with E-state index >= 15 is 0 Å². The van der Waals surface area contributed by atoms with Gasteiger partial charge in [-0.25, -0.2) is 12.7 Å². The van der Waals surface area contributed by atoms with Gasteiger partial charge in [0.15, 0.2) is 0 Å². The molecule has 1 heterocycles. The fraction of sp³-hybridized carbons (Fsp3) is 0.400. The number of hydrogen-bond acceptors (Lipinski definition) is 6. The summed E-state index contributed by atoms with van der Waals surface area (Å²) >= 11 is 0. The third-order valence-electron chi connectivity index (χ3n) is 3.42. The van der Waals surface area contributed by atoms with Crippen LogP contribution in [0.15, 0.2) is 24.3 Å². The normalized spacial score (nSPS) is 19.2. The van der Waals surface area contributed by atoms with Gasteiger partial charge in [0.05, 0.1) is 24.0 Å². The summed E-state index contributed by atoms with van der Waals surface area (Å²) in [4.78, 5) is 35.1. The lowest BCUT2D eigenvalue weighted by atomic mass is 10.1. The van der Waals surface area contributed by atoms with Crippen LogP contribution >= 0.6 is 0 Å². The second-order valence-electron chi connectivity index (χ2n) is 5.32. The SMILES string of the molecule is CCOC(=O)CNC(=O)c1ccc(N2C(=O)C(C)CS2(=O)=O)cc1. The number of nitrogens with one attached hydrogen (secondary N) is 1. The highest BCUT2D eigenvalue weighted by molar-refractivity contribution is 7.94. The minimum absolute atomic E-state index is 0.186. The lowest BCUT2D eigenvalue weighted by molar-refractivity contribution is -0.141. The second-order valence-corrected chi connectivity index (χ2v) is 7.18. The predicted molar refractivity (Wildman–Crippen MR) is 85.8 cm³/mol. The van der Waals surface area contributed by atoms with Gasteiger partial charge in [0.25, 0.3) is 5.91 Å². The van der Waals surface area contributed by atoms with Crippen molar-refractivity contribution in [1.82, 2.24) is 5.32 Å². The first-order valence-electron chi connectivity index (χ1n) is 7.37. The maximum Gasteiger partial charge on any atom is 0.325 e. The van der Waals surface area contributed by atoms with Crippen LogP contribution in [-0.4, -0.2) is 45.1 Å². The zero-order valence-corrected chi connectivity index (χ0v) is 14.1. The standard InChI is InChI=1S/C15H18N2O6S/c1-3-23-13(18)8-16-14(19)11-4-6-12(7-5-11)17-15(20)10(2)9-24(17,21)22/h4-7,10H,3,8-9H2,1-2H3,(H,16,19). The third-order valence-corrected chi connectivity index (χ3v) is 5.29. The summed E-state index contributed by atoms with van der Waals surface area (Å²) < 4.78 is 29.5. The van der Waals surface area contributed by atoms with Crippen molar-refractivity contribution in [3.63, 3.8) is 0 Å². The maximum atomic E-state index is 12.0. The Kier molecular flexibility index (Phi) is 5.23. The van der Waals surface area contributed by atoms with Gasteiger partial charge in [0, 0.05) is 5.56 Å². The van der Waals surface area contributed by atoms with Crippen molar-refractivity contribution in [2.24, 2.45) is 5.92 Å². The van der Waals surface area contributed by atoms with E-state index in [0.717, 1.165) is 4.31 Å². The number of sulfonamides is 1. The molecule has 24 heavy (non-hydrogen) atoms. The summed E-state index contributed by atoms with van der Waals surface area (Å²) in [5.74, 6) is -2.37. The van der Waals surface area contributed by atoms with Gasteiger partial charge < -0.3 is 10.1 Å². The largest absolute Gasteiger partial charge is 0.465 e. The zero-order chi connectivity index (χ0) is 17.9. The molecule has 1 aliphatic heterocycles. The van der Waals surface area contributed by atoms with Gasteiger partial charge in [-0.15, -0.1) is 0 Å². The molecular formula is C15H18N2O6S. The number of carbonyl (C=O) groups excluding carboxylic acids is 3. The number of nitrogens with zero attached hydrogens (tertiary/aromatic N) is 1. The van der Waals surface area contributed by atoms with Gasteiger partial charge in [0.1, 0.15) is 6.54 Å². The molecule has 0 aliphatic carbocycles. The van der Waals surface area contributed by atoms with Crippen molar-refractivity contribution < 1.29 is 27.5 Å². The molecule has 0 aromatic heterocycles. The molecule has 130 valence electrons. The molecule has 0 spiro atoms. The van der Waals surface area contributed by atoms with E-state index in [0.29, 0.717) is 0 Å². The highest BCUT2D eigenvalue weighted by Crippen LogP contribution is 2.28. The Balaban J connectivity index is 2.09. The van der Waals surface area contributed by atoms with Crippen LogP contribution in [0.25, 0.3) is 0 Å². The van der Waals surface area contributed by atoms with Crippen molar-refractivity contribution in [2.45, 2.75) is 13.8 Å². The average Bonchev–Trinajstić information content (AvgIpc) is 2.73. The highest BCUT2D eigenvalue weighted by Gasteiger charge is 2.41. The van der Waals surface area contributed by atoms with Crippen LogP contribution in [0.1, 0.15) is 24.2 Å². The van der Waals surface area contributed by atoms with Gasteiger partial charge in [-0.2, -0.15) is 0 Å².